The number of nitrogens with one attached hydrogen (secondary N) is 2. The van der Waals surface area contributed by atoms with Crippen LogP contribution in [0.15, 0.2) is 24.3 Å². The maximum Gasteiger partial charge on any atom is 0.224 e. The molecule has 0 bridgehead atoms. The molecule has 98 valence electrons. The predicted octanol–water partition coefficient (Wildman–Crippen LogP) is 2.58. The summed E-state index contributed by atoms with van der Waals surface area (Å²) in [6, 6.07) is 8.18. The summed E-state index contributed by atoms with van der Waals surface area (Å²) in [6.45, 7) is 3.71. The zero-order valence-corrected chi connectivity index (χ0v) is 11.0. The van der Waals surface area contributed by atoms with Gasteiger partial charge in [0.25, 0.3) is 0 Å². The fourth-order valence-electron chi connectivity index (χ4n) is 2.14. The third-order valence-electron chi connectivity index (χ3n) is 3.51. The lowest BCUT2D eigenvalue weighted by Gasteiger charge is -2.25. The number of hydrogen-bond acceptors (Lipinski definition) is 2. The Kier molecular flexibility index (Phi) is 4.62. The van der Waals surface area contributed by atoms with Gasteiger partial charge in [-0.1, -0.05) is 18.6 Å². The van der Waals surface area contributed by atoms with E-state index in [2.05, 4.69) is 22.8 Å². The second kappa shape index (κ2) is 6.43. The summed E-state index contributed by atoms with van der Waals surface area (Å²) >= 11 is 0. The van der Waals surface area contributed by atoms with E-state index in [0.717, 1.165) is 23.7 Å². The van der Waals surface area contributed by atoms with Crippen LogP contribution in [0, 0.1) is 5.92 Å². The first-order valence-corrected chi connectivity index (χ1v) is 6.87. The number of likely N-dealkylation sites (N-methyl/N-ethyl adjacent to an activating group) is 1. The van der Waals surface area contributed by atoms with Gasteiger partial charge in [-0.15, -0.1) is 0 Å². The fraction of sp³-hybridized carbons (Fsp3) is 0.533. The van der Waals surface area contributed by atoms with Crippen LogP contribution in [0.4, 0.5) is 5.69 Å². The molecule has 1 saturated carbocycles. The molecule has 0 saturated heterocycles. The van der Waals surface area contributed by atoms with Gasteiger partial charge in [0.1, 0.15) is 0 Å². The summed E-state index contributed by atoms with van der Waals surface area (Å²) < 4.78 is 0. The van der Waals surface area contributed by atoms with Crippen LogP contribution in [0.3, 0.4) is 0 Å². The van der Waals surface area contributed by atoms with Crippen molar-refractivity contribution in [2.24, 2.45) is 5.92 Å². The van der Waals surface area contributed by atoms with E-state index in [0.29, 0.717) is 13.0 Å². The predicted molar refractivity (Wildman–Crippen MR) is 74.7 cm³/mol. The lowest BCUT2D eigenvalue weighted by Crippen LogP contribution is -2.24. The van der Waals surface area contributed by atoms with Crippen molar-refractivity contribution < 1.29 is 4.79 Å². The molecule has 1 aromatic carbocycles. The van der Waals surface area contributed by atoms with Crippen LogP contribution in [-0.2, 0) is 11.2 Å². The van der Waals surface area contributed by atoms with Crippen molar-refractivity contribution in [3.63, 3.8) is 0 Å². The van der Waals surface area contributed by atoms with Crippen LogP contribution in [0.5, 0.6) is 0 Å². The van der Waals surface area contributed by atoms with Gasteiger partial charge in [-0.2, -0.15) is 0 Å². The average molecular weight is 246 g/mol. The minimum absolute atomic E-state index is 0.0904. The first kappa shape index (κ1) is 12.9. The molecule has 18 heavy (non-hydrogen) atoms. The van der Waals surface area contributed by atoms with Crippen LogP contribution < -0.4 is 10.6 Å². The van der Waals surface area contributed by atoms with Crippen LogP contribution in [-0.4, -0.2) is 19.0 Å². The Labute approximate surface area is 109 Å². The van der Waals surface area contributed by atoms with E-state index in [-0.39, 0.29) is 5.91 Å². The summed E-state index contributed by atoms with van der Waals surface area (Å²) in [6.07, 6.45) is 4.58. The third-order valence-corrected chi connectivity index (χ3v) is 3.51. The third kappa shape index (κ3) is 3.76. The maximum atomic E-state index is 11.4. The molecule has 0 aromatic heterocycles. The van der Waals surface area contributed by atoms with Crippen molar-refractivity contribution >= 4 is 11.6 Å². The van der Waals surface area contributed by atoms with Crippen molar-refractivity contribution in [2.45, 2.75) is 32.6 Å². The number of benzene rings is 1. The monoisotopic (exact) mass is 246 g/mol. The van der Waals surface area contributed by atoms with Gasteiger partial charge in [-0.25, -0.2) is 0 Å². The number of carbonyl (C=O) groups is 1. The van der Waals surface area contributed by atoms with Gasteiger partial charge in [0.15, 0.2) is 0 Å². The first-order chi connectivity index (χ1) is 8.78. The SMILES string of the molecule is CCNC(=O)Cc1ccc(NCC2CCC2)cc1. The highest BCUT2D eigenvalue weighted by molar-refractivity contribution is 5.78. The van der Waals surface area contributed by atoms with Crippen LogP contribution >= 0.6 is 0 Å². The Morgan fingerprint density at radius 2 is 2.00 bits per heavy atom. The average Bonchev–Trinajstić information content (AvgIpc) is 2.29. The quantitative estimate of drug-likeness (QED) is 0.810. The van der Waals surface area contributed by atoms with E-state index in [1.807, 2.05) is 19.1 Å². The zero-order valence-electron chi connectivity index (χ0n) is 11.0. The molecule has 0 unspecified atom stereocenters. The standard InChI is InChI=1S/C15H22N2O/c1-2-16-15(18)10-12-6-8-14(9-7-12)17-11-13-4-3-5-13/h6-9,13,17H,2-5,10-11H2,1H3,(H,16,18). The summed E-state index contributed by atoms with van der Waals surface area (Å²) in [5, 5.41) is 6.26. The summed E-state index contributed by atoms with van der Waals surface area (Å²) in [5.74, 6) is 0.952. The molecule has 2 rings (SSSR count). The van der Waals surface area contributed by atoms with E-state index in [9.17, 15) is 4.79 Å². The number of anilines is 1. The van der Waals surface area contributed by atoms with Crippen molar-refractivity contribution in [1.82, 2.24) is 5.32 Å². The van der Waals surface area contributed by atoms with Crippen LogP contribution in [0.25, 0.3) is 0 Å². The van der Waals surface area contributed by atoms with E-state index >= 15 is 0 Å². The molecular formula is C15H22N2O. The van der Waals surface area contributed by atoms with Gasteiger partial charge in [0.05, 0.1) is 6.42 Å². The highest BCUT2D eigenvalue weighted by atomic mass is 16.1. The van der Waals surface area contributed by atoms with Gasteiger partial charge in [-0.05, 0) is 43.4 Å². The van der Waals surface area contributed by atoms with Gasteiger partial charge in [0, 0.05) is 18.8 Å². The van der Waals surface area contributed by atoms with Crippen LogP contribution in [0.2, 0.25) is 0 Å². The molecule has 1 fully saturated rings. The second-order valence-corrected chi connectivity index (χ2v) is 5.01. The molecule has 1 aliphatic carbocycles. The Balaban J connectivity index is 1.78. The number of rotatable bonds is 6. The summed E-state index contributed by atoms with van der Waals surface area (Å²) in [7, 11) is 0. The van der Waals surface area contributed by atoms with E-state index in [4.69, 9.17) is 0 Å². The van der Waals surface area contributed by atoms with Crippen molar-refractivity contribution in [1.29, 1.82) is 0 Å². The molecule has 1 amide bonds. The van der Waals surface area contributed by atoms with E-state index in [1.54, 1.807) is 0 Å². The molecule has 0 radical (unpaired) electrons. The highest BCUT2D eigenvalue weighted by Gasteiger charge is 2.16. The minimum atomic E-state index is 0.0904. The second-order valence-electron chi connectivity index (χ2n) is 5.01. The molecule has 3 heteroatoms. The Hall–Kier alpha value is -1.51. The zero-order chi connectivity index (χ0) is 12.8. The molecule has 0 spiro atoms. The highest BCUT2D eigenvalue weighted by Crippen LogP contribution is 2.26. The molecular weight excluding hydrogens is 224 g/mol. The number of amides is 1. The largest absolute Gasteiger partial charge is 0.385 e. The normalized spacial score (nSPS) is 14.9. The first-order valence-electron chi connectivity index (χ1n) is 6.87. The summed E-state index contributed by atoms with van der Waals surface area (Å²) in [5.41, 5.74) is 2.22. The Morgan fingerprint density at radius 1 is 1.28 bits per heavy atom. The van der Waals surface area contributed by atoms with Gasteiger partial charge in [0.2, 0.25) is 5.91 Å². The molecule has 1 aliphatic rings. The van der Waals surface area contributed by atoms with Crippen molar-refractivity contribution in [3.8, 4) is 0 Å². The molecule has 2 N–H and O–H groups in total. The van der Waals surface area contributed by atoms with E-state index < -0.39 is 0 Å². The smallest absolute Gasteiger partial charge is 0.224 e. The number of carbonyl (C=O) groups excluding carboxylic acids is 1. The molecule has 0 heterocycles. The van der Waals surface area contributed by atoms with Crippen molar-refractivity contribution in [2.75, 3.05) is 18.4 Å². The van der Waals surface area contributed by atoms with Gasteiger partial charge in [-0.3, -0.25) is 4.79 Å². The topological polar surface area (TPSA) is 41.1 Å². The number of hydrogen-bond donors (Lipinski definition) is 2. The van der Waals surface area contributed by atoms with Crippen LogP contribution in [0.1, 0.15) is 31.7 Å². The van der Waals surface area contributed by atoms with Crippen molar-refractivity contribution in [3.05, 3.63) is 29.8 Å². The molecule has 1 aromatic rings. The molecule has 0 atom stereocenters. The van der Waals surface area contributed by atoms with Gasteiger partial charge >= 0.3 is 0 Å². The van der Waals surface area contributed by atoms with Gasteiger partial charge < -0.3 is 10.6 Å². The lowest BCUT2D eigenvalue weighted by atomic mass is 9.85. The Bertz CT molecular complexity index is 382. The molecule has 3 nitrogen and oxygen atoms in total. The lowest BCUT2D eigenvalue weighted by molar-refractivity contribution is -0.120. The summed E-state index contributed by atoms with van der Waals surface area (Å²) in [4.78, 5) is 11.4. The molecule has 0 aliphatic heterocycles. The minimum Gasteiger partial charge on any atom is -0.385 e. The fourth-order valence-corrected chi connectivity index (χ4v) is 2.14. The Morgan fingerprint density at radius 3 is 2.56 bits per heavy atom. The maximum absolute atomic E-state index is 11.4. The van der Waals surface area contributed by atoms with E-state index in [1.165, 1.54) is 19.3 Å².